The molecule has 5 heteroatoms. The van der Waals surface area contributed by atoms with Gasteiger partial charge < -0.3 is 16.0 Å². The number of nitrogens with one attached hydrogen (secondary N) is 3. The van der Waals surface area contributed by atoms with Crippen LogP contribution in [0.4, 0.5) is 4.79 Å². The van der Waals surface area contributed by atoms with Crippen molar-refractivity contribution in [2.75, 3.05) is 0 Å². The molecule has 1 unspecified atom stereocenters. The molecule has 1 atom stereocenters. The standard InChI is InChI=1S/C12H13N3O2/c1-12(7-8-13-11(17)15-12)14-10(16)9-5-3-2-4-6-9/h2-8H,1H3,(H,14,16)(H2,13,15,17). The molecule has 0 saturated heterocycles. The number of carbonyl (C=O) groups excluding carboxylic acids is 2. The molecule has 0 radical (unpaired) electrons. The van der Waals surface area contributed by atoms with Gasteiger partial charge >= 0.3 is 6.03 Å². The van der Waals surface area contributed by atoms with Crippen LogP contribution in [-0.4, -0.2) is 17.6 Å². The summed E-state index contributed by atoms with van der Waals surface area (Å²) in [5.74, 6) is -0.236. The maximum Gasteiger partial charge on any atom is 0.320 e. The van der Waals surface area contributed by atoms with Crippen molar-refractivity contribution in [1.29, 1.82) is 0 Å². The number of carbonyl (C=O) groups is 2. The van der Waals surface area contributed by atoms with E-state index in [1.807, 2.05) is 6.07 Å². The van der Waals surface area contributed by atoms with Crippen molar-refractivity contribution >= 4 is 11.9 Å². The molecule has 2 rings (SSSR count). The topological polar surface area (TPSA) is 70.2 Å². The largest absolute Gasteiger partial charge is 0.326 e. The van der Waals surface area contributed by atoms with Crippen molar-refractivity contribution in [2.24, 2.45) is 0 Å². The number of amides is 3. The zero-order valence-electron chi connectivity index (χ0n) is 9.36. The highest BCUT2D eigenvalue weighted by Crippen LogP contribution is 2.07. The number of benzene rings is 1. The van der Waals surface area contributed by atoms with E-state index in [4.69, 9.17) is 0 Å². The van der Waals surface area contributed by atoms with Crippen LogP contribution in [0.15, 0.2) is 42.6 Å². The highest BCUT2D eigenvalue weighted by Gasteiger charge is 2.27. The second kappa shape index (κ2) is 4.29. The van der Waals surface area contributed by atoms with Crippen LogP contribution in [-0.2, 0) is 0 Å². The van der Waals surface area contributed by atoms with Gasteiger partial charge in [0, 0.05) is 11.8 Å². The third-order valence-corrected chi connectivity index (χ3v) is 2.41. The van der Waals surface area contributed by atoms with Gasteiger partial charge in [-0.3, -0.25) is 4.79 Å². The molecule has 1 aromatic rings. The number of hydrogen-bond acceptors (Lipinski definition) is 2. The molecule has 0 spiro atoms. The summed E-state index contributed by atoms with van der Waals surface area (Å²) < 4.78 is 0. The Labute approximate surface area is 98.9 Å². The van der Waals surface area contributed by atoms with E-state index in [9.17, 15) is 9.59 Å². The summed E-state index contributed by atoms with van der Waals surface area (Å²) in [5.41, 5.74) is -0.315. The summed E-state index contributed by atoms with van der Waals surface area (Å²) in [6.07, 6.45) is 3.18. The average Bonchev–Trinajstić information content (AvgIpc) is 2.29. The minimum absolute atomic E-state index is 0.236. The Morgan fingerprint density at radius 1 is 1.29 bits per heavy atom. The van der Waals surface area contributed by atoms with Gasteiger partial charge in [0.25, 0.3) is 5.91 Å². The van der Waals surface area contributed by atoms with E-state index in [1.54, 1.807) is 37.3 Å². The Kier molecular flexibility index (Phi) is 2.82. The molecule has 3 amide bonds. The van der Waals surface area contributed by atoms with Crippen molar-refractivity contribution in [3.8, 4) is 0 Å². The van der Waals surface area contributed by atoms with Crippen LogP contribution in [0.2, 0.25) is 0 Å². The molecule has 88 valence electrons. The Bertz CT molecular complexity index is 470. The molecule has 17 heavy (non-hydrogen) atoms. The second-order valence-corrected chi connectivity index (χ2v) is 3.95. The molecule has 1 aliphatic rings. The van der Waals surface area contributed by atoms with E-state index >= 15 is 0 Å². The van der Waals surface area contributed by atoms with Gasteiger partial charge in [-0.05, 0) is 25.1 Å². The smallest absolute Gasteiger partial charge is 0.320 e. The summed E-state index contributed by atoms with van der Waals surface area (Å²) in [6.45, 7) is 1.71. The van der Waals surface area contributed by atoms with Gasteiger partial charge in [0.05, 0.1) is 0 Å². The average molecular weight is 231 g/mol. The van der Waals surface area contributed by atoms with Gasteiger partial charge in [-0.2, -0.15) is 0 Å². The lowest BCUT2D eigenvalue weighted by Gasteiger charge is -2.31. The first kappa shape index (κ1) is 11.2. The summed E-state index contributed by atoms with van der Waals surface area (Å²) in [4.78, 5) is 23.1. The monoisotopic (exact) mass is 231 g/mol. The fourth-order valence-electron chi connectivity index (χ4n) is 1.57. The molecule has 0 aliphatic carbocycles. The molecule has 3 N–H and O–H groups in total. The van der Waals surface area contributed by atoms with Gasteiger partial charge in [0.15, 0.2) is 0 Å². The minimum Gasteiger partial charge on any atom is -0.326 e. The first-order valence-corrected chi connectivity index (χ1v) is 5.23. The van der Waals surface area contributed by atoms with Crippen LogP contribution in [0.5, 0.6) is 0 Å². The van der Waals surface area contributed by atoms with Crippen LogP contribution in [0.1, 0.15) is 17.3 Å². The Hall–Kier alpha value is -2.30. The molecular weight excluding hydrogens is 218 g/mol. The first-order valence-electron chi connectivity index (χ1n) is 5.23. The van der Waals surface area contributed by atoms with Gasteiger partial charge in [0.1, 0.15) is 5.66 Å². The molecule has 0 fully saturated rings. The summed E-state index contributed by atoms with van der Waals surface area (Å²) in [7, 11) is 0. The van der Waals surface area contributed by atoms with Crippen LogP contribution in [0, 0.1) is 0 Å². The van der Waals surface area contributed by atoms with E-state index in [2.05, 4.69) is 16.0 Å². The SMILES string of the molecule is CC1(NC(=O)c2ccccc2)C=CNC(=O)N1. The second-order valence-electron chi connectivity index (χ2n) is 3.95. The third-order valence-electron chi connectivity index (χ3n) is 2.41. The molecule has 0 bridgehead atoms. The van der Waals surface area contributed by atoms with Crippen molar-refractivity contribution in [3.05, 3.63) is 48.2 Å². The predicted molar refractivity (Wildman–Crippen MR) is 63.1 cm³/mol. The molecule has 0 saturated carbocycles. The van der Waals surface area contributed by atoms with E-state index in [0.717, 1.165) is 0 Å². The number of urea groups is 1. The highest BCUT2D eigenvalue weighted by atomic mass is 16.2. The lowest BCUT2D eigenvalue weighted by atomic mass is 10.1. The van der Waals surface area contributed by atoms with Crippen LogP contribution >= 0.6 is 0 Å². The quantitative estimate of drug-likeness (QED) is 0.709. The Balaban J connectivity index is 2.11. The molecule has 0 aromatic heterocycles. The Morgan fingerprint density at radius 3 is 2.65 bits per heavy atom. The van der Waals surface area contributed by atoms with Crippen LogP contribution < -0.4 is 16.0 Å². The molecule has 5 nitrogen and oxygen atoms in total. The molecular formula is C12H13N3O2. The van der Waals surface area contributed by atoms with E-state index in [1.165, 1.54) is 6.20 Å². The zero-order chi connectivity index (χ0) is 12.3. The first-order chi connectivity index (χ1) is 8.09. The predicted octanol–water partition coefficient (Wildman–Crippen LogP) is 0.959. The fraction of sp³-hybridized carbons (Fsp3) is 0.167. The highest BCUT2D eigenvalue weighted by molar-refractivity contribution is 5.95. The number of rotatable bonds is 2. The van der Waals surface area contributed by atoms with Crippen LogP contribution in [0.3, 0.4) is 0 Å². The summed E-state index contributed by atoms with van der Waals surface area (Å²) >= 11 is 0. The van der Waals surface area contributed by atoms with E-state index in [0.29, 0.717) is 5.56 Å². The summed E-state index contributed by atoms with van der Waals surface area (Å²) in [6, 6.07) is 8.49. The van der Waals surface area contributed by atoms with E-state index in [-0.39, 0.29) is 11.9 Å². The normalized spacial score (nSPS) is 22.5. The fourth-order valence-corrected chi connectivity index (χ4v) is 1.57. The zero-order valence-corrected chi connectivity index (χ0v) is 9.36. The van der Waals surface area contributed by atoms with Gasteiger partial charge in [0.2, 0.25) is 0 Å². The van der Waals surface area contributed by atoms with Crippen molar-refractivity contribution in [3.63, 3.8) is 0 Å². The van der Waals surface area contributed by atoms with Crippen molar-refractivity contribution in [1.82, 2.24) is 16.0 Å². The maximum absolute atomic E-state index is 11.9. The Morgan fingerprint density at radius 2 is 2.00 bits per heavy atom. The molecule has 1 aromatic carbocycles. The van der Waals surface area contributed by atoms with Gasteiger partial charge in [-0.1, -0.05) is 18.2 Å². The molecule has 1 aliphatic heterocycles. The van der Waals surface area contributed by atoms with E-state index < -0.39 is 5.66 Å². The van der Waals surface area contributed by atoms with Crippen LogP contribution in [0.25, 0.3) is 0 Å². The van der Waals surface area contributed by atoms with Gasteiger partial charge in [-0.15, -0.1) is 0 Å². The lowest BCUT2D eigenvalue weighted by molar-refractivity contribution is 0.0913. The van der Waals surface area contributed by atoms with Crippen molar-refractivity contribution < 1.29 is 9.59 Å². The molecule has 1 heterocycles. The van der Waals surface area contributed by atoms with Crippen molar-refractivity contribution in [2.45, 2.75) is 12.6 Å². The minimum atomic E-state index is -0.866. The lowest BCUT2D eigenvalue weighted by Crippen LogP contribution is -2.61. The third kappa shape index (κ3) is 2.63. The van der Waals surface area contributed by atoms with Gasteiger partial charge in [-0.25, -0.2) is 4.79 Å². The maximum atomic E-state index is 11.9. The summed E-state index contributed by atoms with van der Waals surface area (Å²) in [5, 5.41) is 7.84. The number of hydrogen-bond donors (Lipinski definition) is 3.